The average Bonchev–Trinajstić information content (AvgIpc) is 2.76. The highest BCUT2D eigenvalue weighted by atomic mass is 16.6. The molecule has 31 heavy (non-hydrogen) atoms. The number of hydrogen-bond acceptors (Lipinski definition) is 7. The van der Waals surface area contributed by atoms with Crippen molar-refractivity contribution in [3.05, 3.63) is 86.8 Å². The Morgan fingerprint density at radius 1 is 1.13 bits per heavy atom. The Hall–Kier alpha value is -4.54. The summed E-state index contributed by atoms with van der Waals surface area (Å²) in [5, 5.41) is 22.2. The normalized spacial score (nSPS) is 10.3. The number of nitro benzene ring substituents is 1. The van der Waals surface area contributed by atoms with E-state index in [-0.39, 0.29) is 23.8 Å². The number of hydrogen-bond donors (Lipinski definition) is 2. The Labute approximate surface area is 174 Å². The van der Waals surface area contributed by atoms with Crippen LogP contribution in [0.15, 0.2) is 65.6 Å². The number of non-ortho nitro benzene ring substituents is 1. The van der Waals surface area contributed by atoms with Crippen molar-refractivity contribution in [1.29, 1.82) is 0 Å². The van der Waals surface area contributed by atoms with E-state index in [9.17, 15) is 29.6 Å². The highest BCUT2D eigenvalue weighted by Gasteiger charge is 2.17. The third-order valence-corrected chi connectivity index (χ3v) is 4.13. The van der Waals surface area contributed by atoms with Crippen molar-refractivity contribution in [2.45, 2.75) is 13.2 Å². The van der Waals surface area contributed by atoms with Crippen LogP contribution in [0.5, 0.6) is 0 Å². The summed E-state index contributed by atoms with van der Waals surface area (Å²) in [6.07, 6.45) is 0.161. The van der Waals surface area contributed by atoms with Crippen LogP contribution >= 0.6 is 0 Å². The Bertz CT molecular complexity index is 1170. The second-order valence-corrected chi connectivity index (χ2v) is 6.27. The number of aromatic nitrogens is 2. The SMILES string of the molecule is O=C(O)Cn1c(-c2ccc([N+](=O)[O-])cc2)ncc(NC(=O)OCc2ccccc2)c1=O. The zero-order valence-corrected chi connectivity index (χ0v) is 15.9. The van der Waals surface area contributed by atoms with Crippen LogP contribution < -0.4 is 10.9 Å². The summed E-state index contributed by atoms with van der Waals surface area (Å²) in [6, 6.07) is 14.0. The lowest BCUT2D eigenvalue weighted by Crippen LogP contribution is -2.30. The molecule has 0 unspecified atom stereocenters. The molecule has 0 radical (unpaired) electrons. The summed E-state index contributed by atoms with van der Waals surface area (Å²) < 4.78 is 5.90. The van der Waals surface area contributed by atoms with Crippen LogP contribution in [-0.4, -0.2) is 31.6 Å². The van der Waals surface area contributed by atoms with Gasteiger partial charge in [0, 0.05) is 17.7 Å². The Kier molecular flexibility index (Phi) is 6.36. The van der Waals surface area contributed by atoms with Gasteiger partial charge in [0.2, 0.25) is 0 Å². The molecule has 1 aromatic heterocycles. The van der Waals surface area contributed by atoms with Crippen LogP contribution in [0.2, 0.25) is 0 Å². The molecule has 3 rings (SSSR count). The van der Waals surface area contributed by atoms with Gasteiger partial charge < -0.3 is 9.84 Å². The molecule has 2 N–H and O–H groups in total. The third kappa shape index (κ3) is 5.29. The Morgan fingerprint density at radius 3 is 2.42 bits per heavy atom. The first-order chi connectivity index (χ1) is 14.8. The number of aliphatic carboxylic acids is 1. The number of nitrogens with one attached hydrogen (secondary N) is 1. The zero-order valence-electron chi connectivity index (χ0n) is 15.9. The molecule has 0 bridgehead atoms. The van der Waals surface area contributed by atoms with E-state index in [4.69, 9.17) is 4.74 Å². The molecule has 2 aromatic carbocycles. The zero-order chi connectivity index (χ0) is 22.4. The van der Waals surface area contributed by atoms with Gasteiger partial charge in [0.15, 0.2) is 0 Å². The van der Waals surface area contributed by atoms with E-state index < -0.39 is 29.1 Å². The summed E-state index contributed by atoms with van der Waals surface area (Å²) >= 11 is 0. The van der Waals surface area contributed by atoms with Crippen LogP contribution in [0.4, 0.5) is 16.2 Å². The first-order valence-corrected chi connectivity index (χ1v) is 8.89. The number of rotatable bonds is 7. The predicted octanol–water partition coefficient (Wildman–Crippen LogP) is 2.65. The highest BCUT2D eigenvalue weighted by molar-refractivity contribution is 5.84. The molecular weight excluding hydrogens is 408 g/mol. The van der Waals surface area contributed by atoms with Gasteiger partial charge in [0.05, 0.1) is 11.1 Å². The van der Waals surface area contributed by atoms with Gasteiger partial charge in [-0.3, -0.25) is 29.6 Å². The first kappa shape index (κ1) is 21.2. The number of benzene rings is 2. The maximum atomic E-state index is 12.8. The van der Waals surface area contributed by atoms with Crippen molar-refractivity contribution in [2.75, 3.05) is 5.32 Å². The van der Waals surface area contributed by atoms with Crippen LogP contribution in [0.25, 0.3) is 11.4 Å². The van der Waals surface area contributed by atoms with E-state index in [1.54, 1.807) is 24.3 Å². The van der Waals surface area contributed by atoms with Crippen molar-refractivity contribution in [1.82, 2.24) is 9.55 Å². The lowest BCUT2D eigenvalue weighted by molar-refractivity contribution is -0.384. The molecule has 0 aliphatic heterocycles. The smallest absolute Gasteiger partial charge is 0.412 e. The van der Waals surface area contributed by atoms with E-state index >= 15 is 0 Å². The molecular formula is C20H16N4O7. The van der Waals surface area contributed by atoms with Crippen molar-refractivity contribution in [3.8, 4) is 11.4 Å². The topological polar surface area (TPSA) is 154 Å². The fourth-order valence-electron chi connectivity index (χ4n) is 2.69. The van der Waals surface area contributed by atoms with E-state index in [1.807, 2.05) is 6.07 Å². The lowest BCUT2D eigenvalue weighted by atomic mass is 10.2. The van der Waals surface area contributed by atoms with E-state index in [2.05, 4.69) is 10.3 Å². The number of carbonyl (C=O) groups is 2. The van der Waals surface area contributed by atoms with Gasteiger partial charge in [-0.25, -0.2) is 9.78 Å². The van der Waals surface area contributed by atoms with Crippen molar-refractivity contribution in [3.63, 3.8) is 0 Å². The molecule has 1 heterocycles. The summed E-state index contributed by atoms with van der Waals surface area (Å²) in [5.74, 6) is -1.33. The maximum absolute atomic E-state index is 12.8. The summed E-state index contributed by atoms with van der Waals surface area (Å²) in [5.41, 5.74) is -0.225. The molecule has 158 valence electrons. The van der Waals surface area contributed by atoms with Crippen LogP contribution in [0.1, 0.15) is 5.56 Å². The molecule has 0 saturated heterocycles. The average molecular weight is 424 g/mol. The van der Waals surface area contributed by atoms with Gasteiger partial charge in [-0.05, 0) is 17.7 Å². The molecule has 1 amide bonds. The van der Waals surface area contributed by atoms with E-state index in [0.717, 1.165) is 16.3 Å². The van der Waals surface area contributed by atoms with E-state index in [0.29, 0.717) is 5.56 Å². The molecule has 3 aromatic rings. The quantitative estimate of drug-likeness (QED) is 0.433. The van der Waals surface area contributed by atoms with Gasteiger partial charge in [-0.1, -0.05) is 30.3 Å². The van der Waals surface area contributed by atoms with Gasteiger partial charge >= 0.3 is 12.1 Å². The first-order valence-electron chi connectivity index (χ1n) is 8.89. The number of amides is 1. The minimum absolute atomic E-state index is 0.0227. The number of carboxylic acids is 1. The molecule has 0 saturated carbocycles. The fourth-order valence-corrected chi connectivity index (χ4v) is 2.69. The second kappa shape index (κ2) is 9.31. The Balaban J connectivity index is 1.85. The summed E-state index contributed by atoms with van der Waals surface area (Å²) in [7, 11) is 0. The number of nitro groups is 1. The minimum Gasteiger partial charge on any atom is -0.480 e. The number of anilines is 1. The number of ether oxygens (including phenoxy) is 1. The van der Waals surface area contributed by atoms with Crippen molar-refractivity contribution in [2.24, 2.45) is 0 Å². The van der Waals surface area contributed by atoms with Crippen LogP contribution in [0.3, 0.4) is 0 Å². The van der Waals surface area contributed by atoms with Gasteiger partial charge in [0.25, 0.3) is 11.2 Å². The third-order valence-electron chi connectivity index (χ3n) is 4.13. The largest absolute Gasteiger partial charge is 0.480 e. The lowest BCUT2D eigenvalue weighted by Gasteiger charge is -2.13. The molecule has 11 nitrogen and oxygen atoms in total. The molecule has 11 heteroatoms. The number of nitrogens with zero attached hydrogens (tertiary/aromatic N) is 3. The predicted molar refractivity (Wildman–Crippen MR) is 108 cm³/mol. The van der Waals surface area contributed by atoms with Gasteiger partial charge in [-0.15, -0.1) is 0 Å². The van der Waals surface area contributed by atoms with Gasteiger partial charge in [-0.2, -0.15) is 0 Å². The summed E-state index contributed by atoms with van der Waals surface area (Å²) in [4.78, 5) is 50.3. The van der Waals surface area contributed by atoms with Crippen molar-refractivity contribution >= 4 is 23.4 Å². The minimum atomic E-state index is -1.31. The number of carbonyl (C=O) groups excluding carboxylic acids is 1. The second-order valence-electron chi connectivity index (χ2n) is 6.27. The monoisotopic (exact) mass is 424 g/mol. The fraction of sp³-hybridized carbons (Fsp3) is 0.100. The van der Waals surface area contributed by atoms with E-state index in [1.165, 1.54) is 24.3 Å². The molecule has 0 fully saturated rings. The molecule has 0 aliphatic rings. The van der Waals surface area contributed by atoms with Crippen LogP contribution in [0, 0.1) is 10.1 Å². The molecule has 0 aliphatic carbocycles. The maximum Gasteiger partial charge on any atom is 0.412 e. The molecule has 0 spiro atoms. The summed E-state index contributed by atoms with van der Waals surface area (Å²) in [6.45, 7) is -0.753. The molecule has 0 atom stereocenters. The Morgan fingerprint density at radius 2 is 1.81 bits per heavy atom. The van der Waals surface area contributed by atoms with Gasteiger partial charge in [0.1, 0.15) is 24.7 Å². The van der Waals surface area contributed by atoms with Crippen LogP contribution in [-0.2, 0) is 22.7 Å². The number of carboxylic acid groups (broad SMARTS) is 1. The highest BCUT2D eigenvalue weighted by Crippen LogP contribution is 2.20. The van der Waals surface area contributed by atoms with Crippen molar-refractivity contribution < 1.29 is 24.4 Å². The standard InChI is InChI=1S/C20H16N4O7/c25-17(26)11-23-18(14-6-8-15(9-7-14)24(29)30)21-10-16(19(23)27)22-20(28)31-12-13-4-2-1-3-5-13/h1-10H,11-12H2,(H,22,28)(H,25,26).